The van der Waals surface area contributed by atoms with Crippen LogP contribution in [0.2, 0.25) is 5.02 Å². The molecule has 1 heterocycles. The molecule has 4 aromatic rings. The number of fused-ring (bicyclic) bond motifs is 1. The van der Waals surface area contributed by atoms with Crippen LogP contribution in [0, 0.1) is 6.92 Å². The third-order valence-electron chi connectivity index (χ3n) is 4.95. The summed E-state index contributed by atoms with van der Waals surface area (Å²) < 4.78 is 0. The molecule has 0 saturated heterocycles. The zero-order valence-electron chi connectivity index (χ0n) is 15.6. The lowest BCUT2D eigenvalue weighted by molar-refractivity contribution is 1.11. The molecular weight excluding hydrogens is 382 g/mol. The van der Waals surface area contributed by atoms with Gasteiger partial charge in [0.1, 0.15) is 0 Å². The van der Waals surface area contributed by atoms with E-state index in [1.165, 1.54) is 5.56 Å². The summed E-state index contributed by atoms with van der Waals surface area (Å²) in [5.41, 5.74) is 7.34. The number of hydrogen-bond acceptors (Lipinski definition) is 2. The molecule has 0 unspecified atom stereocenters. The van der Waals surface area contributed by atoms with Crippen LogP contribution in [0.5, 0.6) is 0 Å². The molecule has 1 nitrogen and oxygen atoms in total. The standard InChI is InChI=1S/C25H20ClNS/c1-16-7-9-19(10-8-16)17(2)21-13-23(26)22(25(28)14-21)12-18-11-20-5-3-4-6-24(20)27-15-18/h3-11,13-15,28H,2,12H2,1H3. The second kappa shape index (κ2) is 7.83. The Morgan fingerprint density at radius 1 is 1.00 bits per heavy atom. The van der Waals surface area contributed by atoms with Gasteiger partial charge in [0.25, 0.3) is 0 Å². The molecule has 0 spiro atoms. The van der Waals surface area contributed by atoms with Crippen molar-refractivity contribution in [3.63, 3.8) is 0 Å². The monoisotopic (exact) mass is 401 g/mol. The van der Waals surface area contributed by atoms with E-state index in [1.54, 1.807) is 0 Å². The third-order valence-corrected chi connectivity index (χ3v) is 5.68. The number of thiol groups is 1. The van der Waals surface area contributed by atoms with Gasteiger partial charge in [0.15, 0.2) is 0 Å². The van der Waals surface area contributed by atoms with Crippen molar-refractivity contribution in [2.75, 3.05) is 0 Å². The Labute approximate surface area is 176 Å². The van der Waals surface area contributed by atoms with Gasteiger partial charge in [-0.3, -0.25) is 4.98 Å². The number of aromatic nitrogens is 1. The van der Waals surface area contributed by atoms with Gasteiger partial charge >= 0.3 is 0 Å². The molecule has 138 valence electrons. The van der Waals surface area contributed by atoms with Crippen LogP contribution in [0.25, 0.3) is 16.5 Å². The highest BCUT2D eigenvalue weighted by molar-refractivity contribution is 7.80. The highest BCUT2D eigenvalue weighted by Crippen LogP contribution is 2.32. The average Bonchev–Trinajstić information content (AvgIpc) is 2.70. The molecular formula is C25H20ClNS. The normalized spacial score (nSPS) is 11.0. The van der Waals surface area contributed by atoms with Gasteiger partial charge in [0.2, 0.25) is 0 Å². The fourth-order valence-electron chi connectivity index (χ4n) is 3.31. The van der Waals surface area contributed by atoms with Crippen molar-refractivity contribution in [1.82, 2.24) is 4.98 Å². The Hall–Kier alpha value is -2.55. The molecule has 0 atom stereocenters. The fraction of sp³-hybridized carbons (Fsp3) is 0.0800. The van der Waals surface area contributed by atoms with Crippen molar-refractivity contribution in [2.45, 2.75) is 18.2 Å². The van der Waals surface area contributed by atoms with Crippen LogP contribution in [-0.2, 0) is 6.42 Å². The van der Waals surface area contributed by atoms with Crippen molar-refractivity contribution in [1.29, 1.82) is 0 Å². The summed E-state index contributed by atoms with van der Waals surface area (Å²) >= 11 is 11.4. The largest absolute Gasteiger partial charge is 0.256 e. The van der Waals surface area contributed by atoms with E-state index in [-0.39, 0.29) is 0 Å². The Morgan fingerprint density at radius 3 is 2.50 bits per heavy atom. The number of rotatable bonds is 4. The van der Waals surface area contributed by atoms with E-state index >= 15 is 0 Å². The van der Waals surface area contributed by atoms with Crippen molar-refractivity contribution in [3.8, 4) is 0 Å². The summed E-state index contributed by atoms with van der Waals surface area (Å²) in [6, 6.07) is 22.6. The Balaban J connectivity index is 1.65. The molecule has 0 amide bonds. The lowest BCUT2D eigenvalue weighted by Gasteiger charge is -2.13. The first-order chi connectivity index (χ1) is 13.5. The summed E-state index contributed by atoms with van der Waals surface area (Å²) in [6.45, 7) is 6.33. The Kier molecular flexibility index (Phi) is 5.25. The van der Waals surface area contributed by atoms with Crippen LogP contribution in [0.1, 0.15) is 27.8 Å². The molecule has 0 aliphatic carbocycles. The zero-order chi connectivity index (χ0) is 19.7. The topological polar surface area (TPSA) is 12.9 Å². The molecule has 4 rings (SSSR count). The molecule has 28 heavy (non-hydrogen) atoms. The molecule has 1 aromatic heterocycles. The molecule has 3 aromatic carbocycles. The molecule has 0 bridgehead atoms. The van der Waals surface area contributed by atoms with E-state index in [0.717, 1.165) is 43.6 Å². The van der Waals surface area contributed by atoms with Crippen LogP contribution in [0.4, 0.5) is 0 Å². The third kappa shape index (κ3) is 3.84. The van der Waals surface area contributed by atoms with Crippen LogP contribution in [0.15, 0.2) is 84.4 Å². The van der Waals surface area contributed by atoms with Crippen molar-refractivity contribution in [2.24, 2.45) is 0 Å². The van der Waals surface area contributed by atoms with E-state index in [9.17, 15) is 0 Å². The predicted octanol–water partition coefficient (Wildman–Crippen LogP) is 7.14. The molecule has 0 saturated carbocycles. The van der Waals surface area contributed by atoms with Gasteiger partial charge in [-0.1, -0.05) is 66.2 Å². The van der Waals surface area contributed by atoms with Gasteiger partial charge in [0.05, 0.1) is 5.52 Å². The van der Waals surface area contributed by atoms with E-state index in [1.807, 2.05) is 36.5 Å². The van der Waals surface area contributed by atoms with E-state index < -0.39 is 0 Å². The van der Waals surface area contributed by atoms with Gasteiger partial charge in [0, 0.05) is 27.9 Å². The number of aryl methyl sites for hydroxylation is 1. The number of benzene rings is 3. The number of nitrogens with zero attached hydrogens (tertiary/aromatic N) is 1. The predicted molar refractivity (Wildman–Crippen MR) is 123 cm³/mol. The molecule has 0 radical (unpaired) electrons. The second-order valence-electron chi connectivity index (χ2n) is 7.01. The van der Waals surface area contributed by atoms with Crippen molar-refractivity contribution in [3.05, 3.63) is 112 Å². The van der Waals surface area contributed by atoms with Crippen LogP contribution in [-0.4, -0.2) is 4.98 Å². The molecule has 0 N–H and O–H groups in total. The van der Waals surface area contributed by atoms with E-state index in [2.05, 4.69) is 54.9 Å². The number of halogens is 1. The fourth-order valence-corrected chi connectivity index (χ4v) is 4.00. The second-order valence-corrected chi connectivity index (χ2v) is 7.90. The summed E-state index contributed by atoms with van der Waals surface area (Å²) in [4.78, 5) is 5.41. The minimum absolute atomic E-state index is 0.687. The minimum atomic E-state index is 0.687. The maximum Gasteiger partial charge on any atom is 0.0702 e. The first-order valence-electron chi connectivity index (χ1n) is 9.12. The first kappa shape index (κ1) is 18.8. The summed E-state index contributed by atoms with van der Waals surface area (Å²) in [7, 11) is 0. The lowest BCUT2D eigenvalue weighted by Crippen LogP contribution is -1.96. The quantitative estimate of drug-likeness (QED) is 0.358. The molecule has 3 heteroatoms. The Bertz CT molecular complexity index is 1160. The SMILES string of the molecule is C=C(c1ccc(C)cc1)c1cc(S)c(Cc2cnc3ccccc3c2)c(Cl)c1. The molecule has 0 aliphatic rings. The van der Waals surface area contributed by atoms with Crippen LogP contribution in [0.3, 0.4) is 0 Å². The summed E-state index contributed by atoms with van der Waals surface area (Å²) in [6.07, 6.45) is 2.60. The number of hydrogen-bond donors (Lipinski definition) is 1. The highest BCUT2D eigenvalue weighted by Gasteiger charge is 2.12. The van der Waals surface area contributed by atoms with Gasteiger partial charge in [-0.15, -0.1) is 12.6 Å². The smallest absolute Gasteiger partial charge is 0.0702 e. The highest BCUT2D eigenvalue weighted by atomic mass is 35.5. The van der Waals surface area contributed by atoms with Gasteiger partial charge in [-0.25, -0.2) is 0 Å². The van der Waals surface area contributed by atoms with Gasteiger partial charge in [-0.2, -0.15) is 0 Å². The lowest BCUT2D eigenvalue weighted by atomic mass is 9.96. The summed E-state index contributed by atoms with van der Waals surface area (Å²) in [5.74, 6) is 0. The van der Waals surface area contributed by atoms with Crippen molar-refractivity contribution < 1.29 is 0 Å². The van der Waals surface area contributed by atoms with Crippen molar-refractivity contribution >= 4 is 40.7 Å². The maximum absolute atomic E-state index is 6.65. The van der Waals surface area contributed by atoms with E-state index in [4.69, 9.17) is 24.2 Å². The van der Waals surface area contributed by atoms with Gasteiger partial charge in [-0.05, 0) is 59.0 Å². The average molecular weight is 402 g/mol. The number of para-hydroxylation sites is 1. The van der Waals surface area contributed by atoms with Gasteiger partial charge < -0.3 is 0 Å². The first-order valence-corrected chi connectivity index (χ1v) is 9.95. The minimum Gasteiger partial charge on any atom is -0.256 e. The van der Waals surface area contributed by atoms with Crippen LogP contribution >= 0.6 is 24.2 Å². The van der Waals surface area contributed by atoms with E-state index in [0.29, 0.717) is 11.4 Å². The molecule has 0 aliphatic heterocycles. The Morgan fingerprint density at radius 2 is 1.75 bits per heavy atom. The molecule has 0 fully saturated rings. The maximum atomic E-state index is 6.65. The number of pyridine rings is 1. The zero-order valence-corrected chi connectivity index (χ0v) is 17.3. The van der Waals surface area contributed by atoms with Crippen LogP contribution < -0.4 is 0 Å². The summed E-state index contributed by atoms with van der Waals surface area (Å²) in [5, 5.41) is 1.82.